The van der Waals surface area contributed by atoms with Crippen molar-refractivity contribution < 1.29 is 13.9 Å². The summed E-state index contributed by atoms with van der Waals surface area (Å²) in [5.74, 6) is 0.845. The number of carbonyl (C=O) groups is 1. The summed E-state index contributed by atoms with van der Waals surface area (Å²) < 4.78 is 21.5. The monoisotopic (exact) mass is 497 g/mol. The number of hydrogen-bond acceptors (Lipinski definition) is 5. The molecule has 0 radical (unpaired) electrons. The minimum atomic E-state index is -0.450. The average molecular weight is 498 g/mol. The number of carbonyl (C=O) groups excluding carboxylic acids is 1. The average Bonchev–Trinajstić information content (AvgIpc) is 3.56. The summed E-state index contributed by atoms with van der Waals surface area (Å²) >= 11 is 0. The Morgan fingerprint density at radius 3 is 2.59 bits per heavy atom. The van der Waals surface area contributed by atoms with Crippen molar-refractivity contribution >= 4 is 17.4 Å². The van der Waals surface area contributed by atoms with Crippen molar-refractivity contribution in [1.29, 1.82) is 0 Å². The Morgan fingerprint density at radius 1 is 1.03 bits per heavy atom. The topological polar surface area (TPSA) is 110 Å². The molecule has 2 amide bonds. The molecule has 3 heterocycles. The lowest BCUT2D eigenvalue weighted by atomic mass is 10.1. The number of aromatic nitrogens is 5. The Kier molecular flexibility index (Phi) is 6.62. The number of amides is 2. The van der Waals surface area contributed by atoms with Crippen LogP contribution in [0.5, 0.6) is 11.5 Å². The summed E-state index contributed by atoms with van der Waals surface area (Å²) in [6.07, 6.45) is 6.84. The summed E-state index contributed by atoms with van der Waals surface area (Å²) in [5, 5.41) is 16.9. The molecule has 2 aromatic carbocycles. The van der Waals surface area contributed by atoms with Gasteiger partial charge in [-0.15, -0.1) is 0 Å². The molecule has 3 aromatic heterocycles. The van der Waals surface area contributed by atoms with Crippen molar-refractivity contribution in [2.45, 2.75) is 19.9 Å². The number of urea groups is 1. The normalized spacial score (nSPS) is 10.9. The van der Waals surface area contributed by atoms with Crippen LogP contribution in [-0.2, 0) is 0 Å². The van der Waals surface area contributed by atoms with Crippen molar-refractivity contribution in [1.82, 2.24) is 25.0 Å². The number of H-pyrrole nitrogens is 1. The number of anilines is 2. The first-order chi connectivity index (χ1) is 17.9. The summed E-state index contributed by atoms with van der Waals surface area (Å²) in [6, 6.07) is 16.3. The minimum Gasteiger partial charge on any atom is -0.457 e. The summed E-state index contributed by atoms with van der Waals surface area (Å²) in [5.41, 5.74) is 3.70. The third kappa shape index (κ3) is 5.64. The molecule has 0 spiro atoms. The molecule has 0 saturated carbocycles. The molecule has 0 fully saturated rings. The number of benzene rings is 2. The maximum Gasteiger partial charge on any atom is 0.323 e. The largest absolute Gasteiger partial charge is 0.457 e. The Hall–Kier alpha value is -4.99. The van der Waals surface area contributed by atoms with Gasteiger partial charge in [0.1, 0.15) is 23.0 Å². The maximum atomic E-state index is 13.8. The van der Waals surface area contributed by atoms with Gasteiger partial charge in [-0.05, 0) is 56.3 Å². The van der Waals surface area contributed by atoms with Gasteiger partial charge in [-0.3, -0.25) is 14.8 Å². The molecule has 0 bridgehead atoms. The number of nitrogens with one attached hydrogen (secondary N) is 3. The zero-order valence-corrected chi connectivity index (χ0v) is 20.1. The fourth-order valence-electron chi connectivity index (χ4n) is 3.65. The summed E-state index contributed by atoms with van der Waals surface area (Å²) in [4.78, 5) is 17.1. The number of aromatic amines is 1. The molecule has 37 heavy (non-hydrogen) atoms. The first kappa shape index (κ1) is 23.7. The first-order valence-electron chi connectivity index (χ1n) is 11.6. The molecule has 0 atom stereocenters. The van der Waals surface area contributed by atoms with Crippen molar-refractivity contribution in [3.8, 4) is 34.0 Å². The highest BCUT2D eigenvalue weighted by Gasteiger charge is 2.16. The molecule has 5 rings (SSSR count). The van der Waals surface area contributed by atoms with Gasteiger partial charge in [-0.2, -0.15) is 10.2 Å². The number of ether oxygens (including phenoxy) is 1. The number of pyridine rings is 1. The van der Waals surface area contributed by atoms with Gasteiger partial charge in [0.05, 0.1) is 17.6 Å². The van der Waals surface area contributed by atoms with E-state index in [4.69, 9.17) is 4.74 Å². The fraction of sp³-hybridized carbons (Fsp3) is 0.111. The van der Waals surface area contributed by atoms with Crippen LogP contribution in [0.25, 0.3) is 22.5 Å². The highest BCUT2D eigenvalue weighted by Crippen LogP contribution is 2.29. The minimum absolute atomic E-state index is 0.0645. The number of halogens is 1. The molecule has 3 N–H and O–H groups in total. The van der Waals surface area contributed by atoms with E-state index in [1.165, 1.54) is 12.1 Å². The maximum absolute atomic E-state index is 13.8. The van der Waals surface area contributed by atoms with E-state index in [0.717, 1.165) is 11.3 Å². The van der Waals surface area contributed by atoms with E-state index in [2.05, 4.69) is 30.9 Å². The van der Waals surface area contributed by atoms with Crippen LogP contribution in [0.3, 0.4) is 0 Å². The predicted octanol–water partition coefficient (Wildman–Crippen LogP) is 6.49. The third-order valence-corrected chi connectivity index (χ3v) is 5.48. The molecule has 0 saturated heterocycles. The number of rotatable bonds is 7. The predicted molar refractivity (Wildman–Crippen MR) is 139 cm³/mol. The van der Waals surface area contributed by atoms with Crippen LogP contribution < -0.4 is 15.4 Å². The molecule has 0 aliphatic heterocycles. The van der Waals surface area contributed by atoms with E-state index in [0.29, 0.717) is 34.1 Å². The van der Waals surface area contributed by atoms with Crippen LogP contribution in [0.15, 0.2) is 85.5 Å². The van der Waals surface area contributed by atoms with Crippen molar-refractivity contribution in [2.75, 3.05) is 10.6 Å². The standard InChI is InChI=1S/C27H24FN7O2/c1-17(2)35-16-25(26(34-35)18-4-3-5-20(28)12-18)33-27(36)32-21-6-8-22(9-7-21)37-23-10-11-29-24(13-23)19-14-30-31-15-19/h3-17H,1-2H3,(H,30,31)(H2,32,33,36). The Balaban J connectivity index is 1.26. The second kappa shape index (κ2) is 10.3. The Morgan fingerprint density at radius 2 is 1.86 bits per heavy atom. The molecule has 5 aromatic rings. The van der Waals surface area contributed by atoms with E-state index < -0.39 is 6.03 Å². The first-order valence-corrected chi connectivity index (χ1v) is 11.6. The van der Waals surface area contributed by atoms with Crippen LogP contribution in [0.4, 0.5) is 20.6 Å². The van der Waals surface area contributed by atoms with Gasteiger partial charge in [0.15, 0.2) is 0 Å². The van der Waals surface area contributed by atoms with Crippen LogP contribution in [0.2, 0.25) is 0 Å². The lowest BCUT2D eigenvalue weighted by Gasteiger charge is -2.10. The number of hydrogen-bond donors (Lipinski definition) is 3. The van der Waals surface area contributed by atoms with E-state index in [9.17, 15) is 9.18 Å². The zero-order valence-electron chi connectivity index (χ0n) is 20.1. The Labute approximate surface area is 212 Å². The summed E-state index contributed by atoms with van der Waals surface area (Å²) in [6.45, 7) is 3.94. The molecule has 0 aliphatic rings. The lowest BCUT2D eigenvalue weighted by molar-refractivity contribution is 0.262. The van der Waals surface area contributed by atoms with Crippen LogP contribution in [-0.4, -0.2) is 31.0 Å². The van der Waals surface area contributed by atoms with E-state index >= 15 is 0 Å². The van der Waals surface area contributed by atoms with Gasteiger partial charge < -0.3 is 15.4 Å². The lowest BCUT2D eigenvalue weighted by Crippen LogP contribution is -2.19. The second-order valence-electron chi connectivity index (χ2n) is 8.54. The van der Waals surface area contributed by atoms with Gasteiger partial charge in [-0.1, -0.05) is 12.1 Å². The van der Waals surface area contributed by atoms with Gasteiger partial charge >= 0.3 is 6.03 Å². The summed E-state index contributed by atoms with van der Waals surface area (Å²) in [7, 11) is 0. The van der Waals surface area contributed by atoms with Gasteiger partial charge in [-0.25, -0.2) is 9.18 Å². The fourth-order valence-corrected chi connectivity index (χ4v) is 3.65. The highest BCUT2D eigenvalue weighted by atomic mass is 19.1. The van der Waals surface area contributed by atoms with Crippen LogP contribution in [0.1, 0.15) is 19.9 Å². The quantitative estimate of drug-likeness (QED) is 0.238. The molecular formula is C27H24FN7O2. The van der Waals surface area contributed by atoms with Gasteiger partial charge in [0.25, 0.3) is 0 Å². The number of nitrogens with zero attached hydrogens (tertiary/aromatic N) is 4. The SMILES string of the molecule is CC(C)n1cc(NC(=O)Nc2ccc(Oc3ccnc(-c4cn[nH]c4)c3)cc2)c(-c2cccc(F)c2)n1. The van der Waals surface area contributed by atoms with Crippen molar-refractivity contribution in [3.05, 3.63) is 91.3 Å². The van der Waals surface area contributed by atoms with Gasteiger partial charge in [0.2, 0.25) is 0 Å². The molecule has 0 aliphatic carbocycles. The van der Waals surface area contributed by atoms with Crippen molar-refractivity contribution in [2.24, 2.45) is 0 Å². The Bertz CT molecular complexity index is 1510. The molecule has 9 nitrogen and oxygen atoms in total. The third-order valence-electron chi connectivity index (χ3n) is 5.48. The molecule has 10 heteroatoms. The highest BCUT2D eigenvalue weighted by molar-refractivity contribution is 6.01. The van der Waals surface area contributed by atoms with Crippen molar-refractivity contribution in [3.63, 3.8) is 0 Å². The second-order valence-corrected chi connectivity index (χ2v) is 8.54. The van der Waals surface area contributed by atoms with E-state index in [1.54, 1.807) is 71.9 Å². The molecule has 186 valence electrons. The zero-order chi connectivity index (χ0) is 25.8. The van der Waals surface area contributed by atoms with E-state index in [1.807, 2.05) is 19.9 Å². The molecule has 0 unspecified atom stereocenters. The van der Waals surface area contributed by atoms with E-state index in [-0.39, 0.29) is 11.9 Å². The van der Waals surface area contributed by atoms with Crippen LogP contribution in [0, 0.1) is 5.82 Å². The van der Waals surface area contributed by atoms with Crippen LogP contribution >= 0.6 is 0 Å². The molecular weight excluding hydrogens is 473 g/mol. The smallest absolute Gasteiger partial charge is 0.323 e. The van der Waals surface area contributed by atoms with Gasteiger partial charge in [0, 0.05) is 47.5 Å².